The number of hydrogen-bond acceptors (Lipinski definition) is 1. The molecule has 0 aliphatic carbocycles. The first-order valence-electron chi connectivity index (χ1n) is 6.16. The molecule has 0 saturated heterocycles. The van der Waals surface area contributed by atoms with Crippen molar-refractivity contribution in [1.29, 1.82) is 0 Å². The van der Waals surface area contributed by atoms with Crippen LogP contribution in [0.2, 0.25) is 0 Å². The maximum absolute atomic E-state index is 4.31. The van der Waals surface area contributed by atoms with E-state index in [2.05, 4.69) is 31.8 Å². The molecule has 2 heteroatoms. The van der Waals surface area contributed by atoms with Gasteiger partial charge in [0.05, 0.1) is 0 Å². The van der Waals surface area contributed by atoms with Crippen molar-refractivity contribution in [2.75, 3.05) is 0 Å². The van der Waals surface area contributed by atoms with Gasteiger partial charge in [-0.15, -0.1) is 0 Å². The molecule has 1 aromatic heterocycles. The van der Waals surface area contributed by atoms with Crippen LogP contribution in [0.1, 0.15) is 65.1 Å². The first-order chi connectivity index (χ1) is 7.24. The molecule has 0 aliphatic heterocycles. The Morgan fingerprint density at radius 3 is 2.06 bits per heavy atom. The minimum atomic E-state index is 0. The van der Waals surface area contributed by atoms with Crippen LogP contribution in [0.5, 0.6) is 0 Å². The average Bonchev–Trinajstić information content (AvgIpc) is 2.33. The molecule has 16 heavy (non-hydrogen) atoms. The molecule has 0 aromatic carbocycles. The van der Waals surface area contributed by atoms with E-state index in [4.69, 9.17) is 0 Å². The quantitative estimate of drug-likeness (QED) is 0.733. The summed E-state index contributed by atoms with van der Waals surface area (Å²) in [6, 6.07) is 4.19. The summed E-state index contributed by atoms with van der Waals surface area (Å²) in [5, 5.41) is 0. The van der Waals surface area contributed by atoms with E-state index in [0.29, 0.717) is 5.92 Å². The molecule has 1 radical (unpaired) electrons. The van der Waals surface area contributed by atoms with Gasteiger partial charge in [-0.05, 0) is 37.0 Å². The maximum Gasteiger partial charge on any atom is 0.0434 e. The van der Waals surface area contributed by atoms with Crippen LogP contribution in [0, 0.1) is 6.92 Å². The van der Waals surface area contributed by atoms with E-state index in [-0.39, 0.29) is 18.6 Å². The molecule has 0 N–H and O–H groups in total. The fraction of sp³-hybridized carbons (Fsp3) is 0.643. The molecule has 0 fully saturated rings. The summed E-state index contributed by atoms with van der Waals surface area (Å²) in [6.45, 7) is 14.5. The van der Waals surface area contributed by atoms with E-state index < -0.39 is 0 Å². The minimum Gasteiger partial charge on any atom is -0.261 e. The van der Waals surface area contributed by atoms with Crippen molar-refractivity contribution in [2.45, 2.75) is 60.8 Å². The molecule has 1 atom stereocenters. The number of hydrogen-bond donors (Lipinski definition) is 0. The van der Waals surface area contributed by atoms with Gasteiger partial charge >= 0.3 is 0 Å². The summed E-state index contributed by atoms with van der Waals surface area (Å²) in [5.74, 6) is 0.592. The van der Waals surface area contributed by atoms with Crippen LogP contribution in [0.3, 0.4) is 0 Å². The first-order valence-corrected chi connectivity index (χ1v) is 6.16. The first kappa shape index (κ1) is 21.1. The Morgan fingerprint density at radius 2 is 1.69 bits per heavy atom. The Bertz CT molecular complexity index is 236. The van der Waals surface area contributed by atoms with E-state index in [1.54, 1.807) is 0 Å². The van der Waals surface area contributed by atoms with Gasteiger partial charge in [0, 0.05) is 30.4 Å². The van der Waals surface area contributed by atoms with Gasteiger partial charge in [0.1, 0.15) is 0 Å². The van der Waals surface area contributed by atoms with Gasteiger partial charge in [0.2, 0.25) is 0 Å². The summed E-state index contributed by atoms with van der Waals surface area (Å²) >= 11 is 0. The fourth-order valence-corrected chi connectivity index (χ4v) is 1.04. The third-order valence-corrected chi connectivity index (χ3v) is 2.05. The van der Waals surface area contributed by atoms with Gasteiger partial charge in [-0.3, -0.25) is 4.98 Å². The summed E-state index contributed by atoms with van der Waals surface area (Å²) in [5.41, 5.74) is 2.52. The van der Waals surface area contributed by atoms with Gasteiger partial charge in [-0.2, -0.15) is 0 Å². The van der Waals surface area contributed by atoms with Crippen molar-refractivity contribution in [3.8, 4) is 0 Å². The van der Waals surface area contributed by atoms with Crippen molar-refractivity contribution >= 4 is 0 Å². The van der Waals surface area contributed by atoms with Gasteiger partial charge in [-0.25, -0.2) is 0 Å². The molecule has 1 unspecified atom stereocenters. The summed E-state index contributed by atoms with van der Waals surface area (Å²) in [7, 11) is 0. The Morgan fingerprint density at radius 1 is 1.19 bits per heavy atom. The van der Waals surface area contributed by atoms with Crippen molar-refractivity contribution in [2.24, 2.45) is 0 Å². The molecule has 0 saturated carbocycles. The van der Waals surface area contributed by atoms with E-state index >= 15 is 0 Å². The number of aromatic nitrogens is 1. The van der Waals surface area contributed by atoms with Crippen LogP contribution in [0.15, 0.2) is 18.3 Å². The Balaban J connectivity index is -0.000000305. The molecule has 1 aromatic rings. The third-order valence-electron chi connectivity index (χ3n) is 2.05. The molecular formula is C14H27NV. The zero-order valence-electron chi connectivity index (χ0n) is 11.9. The Labute approximate surface area is 114 Å². The van der Waals surface area contributed by atoms with Crippen molar-refractivity contribution < 1.29 is 18.6 Å². The molecule has 0 amide bonds. The number of rotatable bonds is 2. The zero-order chi connectivity index (χ0) is 12.3. The van der Waals surface area contributed by atoms with E-state index in [1.807, 2.05) is 40.0 Å². The summed E-state index contributed by atoms with van der Waals surface area (Å²) in [4.78, 5) is 4.31. The second kappa shape index (κ2) is 14.7. The maximum atomic E-state index is 4.31. The molecule has 0 spiro atoms. The predicted molar refractivity (Wildman–Crippen MR) is 70.4 cm³/mol. The third kappa shape index (κ3) is 9.00. The van der Waals surface area contributed by atoms with Crippen LogP contribution in [0.25, 0.3) is 0 Å². The van der Waals surface area contributed by atoms with Crippen molar-refractivity contribution in [3.63, 3.8) is 0 Å². The molecule has 1 rings (SSSR count). The number of pyridine rings is 1. The number of aryl methyl sites for hydroxylation is 1. The SMILES string of the molecule is CC.CC.CCC(C)c1cc(C)ccn1.[V]. The molecule has 1 heterocycles. The minimum absolute atomic E-state index is 0. The zero-order valence-corrected chi connectivity index (χ0v) is 13.3. The molecule has 93 valence electrons. The van der Waals surface area contributed by atoms with Gasteiger partial charge in [0.15, 0.2) is 0 Å². The predicted octanol–water partition coefficient (Wildman–Crippen LogP) is 4.95. The number of nitrogens with zero attached hydrogens (tertiary/aromatic N) is 1. The van der Waals surface area contributed by atoms with Gasteiger partial charge in [-0.1, -0.05) is 41.5 Å². The monoisotopic (exact) mass is 260 g/mol. The molecular weight excluding hydrogens is 233 g/mol. The van der Waals surface area contributed by atoms with E-state index in [0.717, 1.165) is 6.42 Å². The second-order valence-electron chi connectivity index (χ2n) is 3.07. The largest absolute Gasteiger partial charge is 0.261 e. The fourth-order valence-electron chi connectivity index (χ4n) is 1.04. The van der Waals surface area contributed by atoms with Crippen LogP contribution in [0.4, 0.5) is 0 Å². The standard InChI is InChI=1S/C10H15N.2C2H6.V/c1-4-9(3)10-7-8(2)5-6-11-10;2*1-2;/h5-7,9H,4H2,1-3H3;2*1-2H3;. The Hall–Kier alpha value is -0.266. The van der Waals surface area contributed by atoms with Crippen molar-refractivity contribution in [3.05, 3.63) is 29.6 Å². The molecule has 0 bridgehead atoms. The molecule has 1 nitrogen and oxygen atoms in total. The second-order valence-corrected chi connectivity index (χ2v) is 3.07. The smallest absolute Gasteiger partial charge is 0.0434 e. The van der Waals surface area contributed by atoms with E-state index in [9.17, 15) is 0 Å². The van der Waals surface area contributed by atoms with Gasteiger partial charge < -0.3 is 0 Å². The van der Waals surface area contributed by atoms with Crippen LogP contribution in [-0.4, -0.2) is 4.98 Å². The summed E-state index contributed by atoms with van der Waals surface area (Å²) < 4.78 is 0. The summed E-state index contributed by atoms with van der Waals surface area (Å²) in [6.07, 6.45) is 3.05. The van der Waals surface area contributed by atoms with E-state index in [1.165, 1.54) is 11.3 Å². The normalized spacial score (nSPS) is 9.69. The van der Waals surface area contributed by atoms with Gasteiger partial charge in [0.25, 0.3) is 0 Å². The van der Waals surface area contributed by atoms with Crippen LogP contribution in [-0.2, 0) is 18.6 Å². The van der Waals surface area contributed by atoms with Crippen LogP contribution < -0.4 is 0 Å². The van der Waals surface area contributed by atoms with Crippen LogP contribution >= 0.6 is 0 Å². The molecule has 0 aliphatic rings. The average molecular weight is 260 g/mol. The topological polar surface area (TPSA) is 12.9 Å². The van der Waals surface area contributed by atoms with Crippen molar-refractivity contribution in [1.82, 2.24) is 4.98 Å². The Kier molecular flexibility index (Phi) is 19.4.